The fourth-order valence-electron chi connectivity index (χ4n) is 3.05. The molecule has 1 atom stereocenters. The van der Waals surface area contributed by atoms with E-state index in [0.717, 1.165) is 25.3 Å². The van der Waals surface area contributed by atoms with E-state index in [1.165, 1.54) is 12.0 Å². The third kappa shape index (κ3) is 5.31. The van der Waals surface area contributed by atoms with Crippen LogP contribution < -0.4 is 10.2 Å². The zero-order chi connectivity index (χ0) is 15.7. The average molecular weight is 289 g/mol. The number of rotatable bonds is 3. The van der Waals surface area contributed by atoms with Crippen LogP contribution in [-0.2, 0) is 6.42 Å². The van der Waals surface area contributed by atoms with Crippen LogP contribution in [0.2, 0.25) is 0 Å². The van der Waals surface area contributed by atoms with E-state index in [0.29, 0.717) is 11.5 Å². The molecule has 0 spiro atoms. The monoisotopic (exact) mass is 289 g/mol. The maximum Gasteiger partial charge on any atom is 0.128 e. The highest BCUT2D eigenvalue weighted by Gasteiger charge is 2.26. The smallest absolute Gasteiger partial charge is 0.128 e. The van der Waals surface area contributed by atoms with Crippen molar-refractivity contribution in [3.63, 3.8) is 0 Å². The molecule has 118 valence electrons. The maximum absolute atomic E-state index is 4.58. The largest absolute Gasteiger partial charge is 0.355 e. The first-order valence-electron chi connectivity index (χ1n) is 8.10. The Morgan fingerprint density at radius 2 is 1.95 bits per heavy atom. The van der Waals surface area contributed by atoms with Crippen LogP contribution in [0.1, 0.15) is 53.5 Å². The summed E-state index contributed by atoms with van der Waals surface area (Å²) in [6, 6.07) is 4.98. The summed E-state index contributed by atoms with van der Waals surface area (Å²) in [6.45, 7) is 15.7. The van der Waals surface area contributed by atoms with Crippen molar-refractivity contribution in [2.45, 2.75) is 66.0 Å². The molecule has 0 amide bonds. The molecule has 1 aromatic heterocycles. The SMILES string of the molecule is CC(C)(C)Cc1ccnc(N2CCC(NC(C)(C)C)C2)c1. The van der Waals surface area contributed by atoms with Gasteiger partial charge in [0.2, 0.25) is 0 Å². The number of pyridine rings is 1. The highest BCUT2D eigenvalue weighted by molar-refractivity contribution is 5.42. The van der Waals surface area contributed by atoms with E-state index in [2.05, 4.69) is 68.9 Å². The van der Waals surface area contributed by atoms with Crippen LogP contribution in [0.3, 0.4) is 0 Å². The van der Waals surface area contributed by atoms with Crippen molar-refractivity contribution in [1.82, 2.24) is 10.3 Å². The van der Waals surface area contributed by atoms with E-state index >= 15 is 0 Å². The van der Waals surface area contributed by atoms with Gasteiger partial charge in [0.1, 0.15) is 5.82 Å². The molecule has 0 bridgehead atoms. The molecule has 0 aliphatic carbocycles. The number of hydrogen-bond donors (Lipinski definition) is 1. The van der Waals surface area contributed by atoms with Crippen LogP contribution >= 0.6 is 0 Å². The molecule has 0 radical (unpaired) electrons. The summed E-state index contributed by atoms with van der Waals surface area (Å²) in [5, 5.41) is 3.70. The normalized spacial score (nSPS) is 20.1. The van der Waals surface area contributed by atoms with Gasteiger partial charge in [-0.05, 0) is 56.7 Å². The summed E-state index contributed by atoms with van der Waals surface area (Å²) >= 11 is 0. The Kier molecular flexibility index (Phi) is 4.62. The van der Waals surface area contributed by atoms with Crippen LogP contribution in [0.25, 0.3) is 0 Å². The Morgan fingerprint density at radius 1 is 1.24 bits per heavy atom. The molecule has 3 heteroatoms. The summed E-state index contributed by atoms with van der Waals surface area (Å²) in [5.41, 5.74) is 1.89. The molecule has 1 aromatic rings. The van der Waals surface area contributed by atoms with Crippen molar-refractivity contribution >= 4 is 5.82 Å². The molecular formula is C18H31N3. The molecular weight excluding hydrogens is 258 g/mol. The van der Waals surface area contributed by atoms with Gasteiger partial charge in [0, 0.05) is 30.9 Å². The zero-order valence-electron chi connectivity index (χ0n) is 14.5. The Morgan fingerprint density at radius 3 is 2.57 bits per heavy atom. The van der Waals surface area contributed by atoms with E-state index < -0.39 is 0 Å². The standard InChI is InChI=1S/C18H31N3/c1-17(2,3)12-14-7-9-19-16(11-14)21-10-8-15(13-21)20-18(4,5)6/h7,9,11,15,20H,8,10,12-13H2,1-6H3. The van der Waals surface area contributed by atoms with Gasteiger partial charge in [0.25, 0.3) is 0 Å². The summed E-state index contributed by atoms with van der Waals surface area (Å²) in [6.07, 6.45) is 4.25. The van der Waals surface area contributed by atoms with E-state index in [1.807, 2.05) is 6.20 Å². The van der Waals surface area contributed by atoms with Crippen molar-refractivity contribution in [2.75, 3.05) is 18.0 Å². The minimum atomic E-state index is 0.183. The zero-order valence-corrected chi connectivity index (χ0v) is 14.5. The lowest BCUT2D eigenvalue weighted by Gasteiger charge is -2.26. The lowest BCUT2D eigenvalue weighted by molar-refractivity contribution is 0.373. The number of nitrogens with zero attached hydrogens (tertiary/aromatic N) is 2. The molecule has 1 unspecified atom stereocenters. The Labute approximate surface area is 130 Å². The summed E-state index contributed by atoms with van der Waals surface area (Å²) < 4.78 is 0. The quantitative estimate of drug-likeness (QED) is 0.921. The second-order valence-corrected chi connectivity index (χ2v) is 8.59. The van der Waals surface area contributed by atoms with Gasteiger partial charge in [-0.1, -0.05) is 20.8 Å². The molecule has 1 aliphatic rings. The van der Waals surface area contributed by atoms with Crippen molar-refractivity contribution in [2.24, 2.45) is 5.41 Å². The molecule has 21 heavy (non-hydrogen) atoms. The van der Waals surface area contributed by atoms with E-state index in [1.54, 1.807) is 0 Å². The molecule has 1 saturated heterocycles. The lowest BCUT2D eigenvalue weighted by atomic mass is 9.88. The Hall–Kier alpha value is -1.09. The van der Waals surface area contributed by atoms with Crippen molar-refractivity contribution in [3.8, 4) is 0 Å². The van der Waals surface area contributed by atoms with E-state index in [-0.39, 0.29) is 5.54 Å². The van der Waals surface area contributed by atoms with Crippen LogP contribution in [0.5, 0.6) is 0 Å². The van der Waals surface area contributed by atoms with Gasteiger partial charge >= 0.3 is 0 Å². The van der Waals surface area contributed by atoms with Crippen LogP contribution in [0, 0.1) is 5.41 Å². The average Bonchev–Trinajstić information content (AvgIpc) is 2.73. The first-order valence-corrected chi connectivity index (χ1v) is 8.10. The molecule has 2 heterocycles. The Bertz CT molecular complexity index is 468. The van der Waals surface area contributed by atoms with Crippen molar-refractivity contribution in [1.29, 1.82) is 0 Å². The highest BCUT2D eigenvalue weighted by atomic mass is 15.2. The molecule has 1 fully saturated rings. The predicted octanol–water partition coefficient (Wildman–Crippen LogP) is 3.64. The topological polar surface area (TPSA) is 28.2 Å². The van der Waals surface area contributed by atoms with Gasteiger partial charge in [-0.3, -0.25) is 0 Å². The van der Waals surface area contributed by atoms with Gasteiger partial charge in [-0.15, -0.1) is 0 Å². The van der Waals surface area contributed by atoms with Gasteiger partial charge in [-0.2, -0.15) is 0 Å². The summed E-state index contributed by atoms with van der Waals surface area (Å²) in [5.74, 6) is 1.13. The first-order chi connectivity index (χ1) is 9.62. The van der Waals surface area contributed by atoms with Crippen molar-refractivity contribution in [3.05, 3.63) is 23.9 Å². The van der Waals surface area contributed by atoms with Crippen LogP contribution in [0.15, 0.2) is 18.3 Å². The fourth-order valence-corrected chi connectivity index (χ4v) is 3.05. The minimum absolute atomic E-state index is 0.183. The number of aromatic nitrogens is 1. The first kappa shape index (κ1) is 16.3. The summed E-state index contributed by atoms with van der Waals surface area (Å²) in [4.78, 5) is 6.99. The molecule has 1 aliphatic heterocycles. The third-order valence-corrected chi connectivity index (χ3v) is 3.69. The Balaban J connectivity index is 2.01. The minimum Gasteiger partial charge on any atom is -0.355 e. The molecule has 1 N–H and O–H groups in total. The second kappa shape index (κ2) is 5.96. The van der Waals surface area contributed by atoms with Gasteiger partial charge in [0.15, 0.2) is 0 Å². The van der Waals surface area contributed by atoms with E-state index in [9.17, 15) is 0 Å². The second-order valence-electron chi connectivity index (χ2n) is 8.59. The molecule has 0 aromatic carbocycles. The number of nitrogens with one attached hydrogen (secondary N) is 1. The van der Waals surface area contributed by atoms with Gasteiger partial charge in [0.05, 0.1) is 0 Å². The van der Waals surface area contributed by atoms with Crippen molar-refractivity contribution < 1.29 is 0 Å². The molecule has 0 saturated carbocycles. The maximum atomic E-state index is 4.58. The molecule has 3 nitrogen and oxygen atoms in total. The summed E-state index contributed by atoms with van der Waals surface area (Å²) in [7, 11) is 0. The number of anilines is 1. The van der Waals surface area contributed by atoms with E-state index in [4.69, 9.17) is 0 Å². The third-order valence-electron chi connectivity index (χ3n) is 3.69. The molecule has 2 rings (SSSR count). The van der Waals surface area contributed by atoms with Gasteiger partial charge in [-0.25, -0.2) is 4.98 Å². The highest BCUT2D eigenvalue weighted by Crippen LogP contribution is 2.24. The van der Waals surface area contributed by atoms with Crippen LogP contribution in [0.4, 0.5) is 5.82 Å². The fraction of sp³-hybridized carbons (Fsp3) is 0.722. The van der Waals surface area contributed by atoms with Gasteiger partial charge < -0.3 is 10.2 Å². The lowest BCUT2D eigenvalue weighted by Crippen LogP contribution is -2.44. The predicted molar refractivity (Wildman–Crippen MR) is 90.9 cm³/mol. The van der Waals surface area contributed by atoms with Crippen LogP contribution in [-0.4, -0.2) is 29.7 Å². The number of hydrogen-bond acceptors (Lipinski definition) is 3.